The zero-order valence-electron chi connectivity index (χ0n) is 24.9. The first kappa shape index (κ1) is 29.4. The van der Waals surface area contributed by atoms with E-state index in [1.165, 1.54) is 0 Å². The number of benzene rings is 1. The van der Waals surface area contributed by atoms with Crippen LogP contribution in [0.2, 0.25) is 0 Å². The average Bonchev–Trinajstić information content (AvgIpc) is 3.56. The number of anilines is 2. The Balaban J connectivity index is 1.47. The molecule has 3 aromatic heterocycles. The van der Waals surface area contributed by atoms with E-state index in [0.29, 0.717) is 10.8 Å². The number of hydrogen-bond acceptors (Lipinski definition) is 9. The van der Waals surface area contributed by atoms with E-state index in [1.807, 2.05) is 46.0 Å². The Hall–Kier alpha value is -3.11. The minimum Gasteiger partial charge on any atom is -0.367 e. The molecule has 0 bridgehead atoms. The van der Waals surface area contributed by atoms with Crippen molar-refractivity contribution in [3.8, 4) is 10.6 Å². The molecule has 4 aromatic rings. The maximum atomic E-state index is 13.6. The van der Waals surface area contributed by atoms with E-state index in [4.69, 9.17) is 15.0 Å². The molecule has 1 aliphatic carbocycles. The first-order valence-electron chi connectivity index (χ1n) is 14.2. The van der Waals surface area contributed by atoms with Crippen LogP contribution in [0.5, 0.6) is 0 Å². The molecule has 218 valence electrons. The van der Waals surface area contributed by atoms with Gasteiger partial charge in [0.25, 0.3) is 0 Å². The topological polar surface area (TPSA) is 110 Å². The van der Waals surface area contributed by atoms with Crippen molar-refractivity contribution < 1.29 is 8.42 Å². The summed E-state index contributed by atoms with van der Waals surface area (Å²) in [7, 11) is -3.50. The second-order valence-electron chi connectivity index (χ2n) is 12.8. The molecular weight excluding hydrogens is 553 g/mol. The van der Waals surface area contributed by atoms with Crippen LogP contribution in [0.25, 0.3) is 20.8 Å². The van der Waals surface area contributed by atoms with Gasteiger partial charge in [-0.3, -0.25) is 4.98 Å². The van der Waals surface area contributed by atoms with E-state index < -0.39 is 14.6 Å². The Labute approximate surface area is 247 Å². The van der Waals surface area contributed by atoms with Crippen LogP contribution in [-0.4, -0.2) is 45.7 Å². The predicted octanol–water partition coefficient (Wildman–Crippen LogP) is 7.06. The van der Waals surface area contributed by atoms with Crippen molar-refractivity contribution >= 4 is 43.2 Å². The molecule has 0 aliphatic heterocycles. The summed E-state index contributed by atoms with van der Waals surface area (Å²) < 4.78 is 27.5. The average molecular weight is 593 g/mol. The van der Waals surface area contributed by atoms with Gasteiger partial charge in [0.2, 0.25) is 5.95 Å². The predicted molar refractivity (Wildman–Crippen MR) is 168 cm³/mol. The van der Waals surface area contributed by atoms with Crippen molar-refractivity contribution in [2.24, 2.45) is 11.3 Å². The molecule has 2 atom stereocenters. The maximum Gasteiger partial charge on any atom is 0.224 e. The summed E-state index contributed by atoms with van der Waals surface area (Å²) in [5.41, 5.74) is 3.57. The summed E-state index contributed by atoms with van der Waals surface area (Å²) in [5.74, 6) is 1.31. The number of aromatic nitrogens is 4. The highest BCUT2D eigenvalue weighted by atomic mass is 32.2. The fourth-order valence-electron chi connectivity index (χ4n) is 5.51. The lowest BCUT2D eigenvalue weighted by atomic mass is 9.93. The van der Waals surface area contributed by atoms with Crippen molar-refractivity contribution in [2.45, 2.75) is 83.4 Å². The summed E-state index contributed by atoms with van der Waals surface area (Å²) in [4.78, 5) is 19.5. The molecule has 1 fully saturated rings. The highest BCUT2D eigenvalue weighted by molar-refractivity contribution is 7.92. The van der Waals surface area contributed by atoms with Crippen molar-refractivity contribution in [1.82, 2.24) is 19.9 Å². The third kappa shape index (κ3) is 5.95. The molecule has 0 amide bonds. The Bertz CT molecular complexity index is 1660. The van der Waals surface area contributed by atoms with Gasteiger partial charge < -0.3 is 10.6 Å². The minimum atomic E-state index is -3.50. The van der Waals surface area contributed by atoms with Crippen molar-refractivity contribution in [3.63, 3.8) is 0 Å². The Morgan fingerprint density at radius 2 is 1.68 bits per heavy atom. The van der Waals surface area contributed by atoms with Crippen LogP contribution >= 0.6 is 11.3 Å². The number of pyridine rings is 1. The summed E-state index contributed by atoms with van der Waals surface area (Å²) in [6, 6.07) is 10.9. The fraction of sp³-hybridized carbons (Fsp3) is 0.484. The van der Waals surface area contributed by atoms with Gasteiger partial charge in [-0.05, 0) is 76.5 Å². The molecule has 8 nitrogen and oxygen atoms in total. The molecule has 1 aromatic carbocycles. The van der Waals surface area contributed by atoms with Gasteiger partial charge in [0.15, 0.2) is 9.84 Å². The summed E-state index contributed by atoms with van der Waals surface area (Å²) in [6.45, 7) is 14.9. The summed E-state index contributed by atoms with van der Waals surface area (Å²) in [6.07, 6.45) is 4.21. The standard InChI is InChI=1S/C31H40N6O2S2/c1-19-25(28-36-26-20(2)32-16-15-24(26)40-28)27(37-29(34-19)33-18-30(3,4)5)35-22-14-13-21(17-22)31(6,7)41(38,39)23-11-9-8-10-12-23/h8-12,15-16,21-22H,13-14,17-18H2,1-7H3,(H2,33,34,35,37)/t21-,22+/m1/s1. The highest BCUT2D eigenvalue weighted by Crippen LogP contribution is 2.43. The van der Waals surface area contributed by atoms with E-state index in [9.17, 15) is 8.42 Å². The van der Waals surface area contributed by atoms with Gasteiger partial charge in [-0.15, -0.1) is 11.3 Å². The molecule has 1 saturated carbocycles. The lowest BCUT2D eigenvalue weighted by Crippen LogP contribution is -2.39. The second-order valence-corrected chi connectivity index (χ2v) is 16.4. The smallest absolute Gasteiger partial charge is 0.224 e. The van der Waals surface area contributed by atoms with Gasteiger partial charge in [-0.1, -0.05) is 39.0 Å². The zero-order valence-corrected chi connectivity index (χ0v) is 26.6. The van der Waals surface area contributed by atoms with Gasteiger partial charge in [-0.25, -0.2) is 18.4 Å². The molecule has 1 aliphatic rings. The molecule has 2 N–H and O–H groups in total. The number of nitrogens with zero attached hydrogens (tertiary/aromatic N) is 4. The molecular formula is C31H40N6O2S2. The van der Waals surface area contributed by atoms with E-state index >= 15 is 0 Å². The number of rotatable bonds is 8. The number of nitrogens with one attached hydrogen (secondary N) is 2. The largest absolute Gasteiger partial charge is 0.367 e. The van der Waals surface area contributed by atoms with Crippen LogP contribution in [0.15, 0.2) is 47.5 Å². The van der Waals surface area contributed by atoms with E-state index in [0.717, 1.165) is 63.8 Å². The maximum absolute atomic E-state index is 13.6. The first-order valence-corrected chi connectivity index (χ1v) is 16.5. The first-order chi connectivity index (χ1) is 19.3. The molecule has 0 saturated heterocycles. The van der Waals surface area contributed by atoms with Crippen LogP contribution in [-0.2, 0) is 9.84 Å². The zero-order chi connectivity index (χ0) is 29.6. The van der Waals surface area contributed by atoms with Gasteiger partial charge in [0.1, 0.15) is 16.3 Å². The number of sulfone groups is 1. The molecule has 0 spiro atoms. The number of thiazole rings is 1. The van der Waals surface area contributed by atoms with Gasteiger partial charge in [0, 0.05) is 18.8 Å². The van der Waals surface area contributed by atoms with Gasteiger partial charge >= 0.3 is 0 Å². The summed E-state index contributed by atoms with van der Waals surface area (Å²) >= 11 is 1.61. The van der Waals surface area contributed by atoms with Crippen molar-refractivity contribution in [1.29, 1.82) is 0 Å². The summed E-state index contributed by atoms with van der Waals surface area (Å²) in [5, 5.41) is 7.96. The number of aryl methyl sites for hydroxylation is 2. The third-order valence-electron chi connectivity index (χ3n) is 8.07. The fourth-order valence-corrected chi connectivity index (χ4v) is 8.39. The van der Waals surface area contributed by atoms with E-state index in [1.54, 1.807) is 35.6 Å². The lowest BCUT2D eigenvalue weighted by molar-refractivity contribution is 0.402. The molecule has 41 heavy (non-hydrogen) atoms. The Morgan fingerprint density at radius 1 is 0.951 bits per heavy atom. The number of fused-ring (bicyclic) bond motifs is 1. The van der Waals surface area contributed by atoms with Crippen LogP contribution in [0.4, 0.5) is 11.8 Å². The normalized spacial score (nSPS) is 18.1. The highest BCUT2D eigenvalue weighted by Gasteiger charge is 2.46. The number of hydrogen-bond donors (Lipinski definition) is 2. The molecule has 10 heteroatoms. The van der Waals surface area contributed by atoms with Crippen molar-refractivity contribution in [2.75, 3.05) is 17.2 Å². The van der Waals surface area contributed by atoms with Gasteiger partial charge in [0.05, 0.1) is 31.3 Å². The van der Waals surface area contributed by atoms with Gasteiger partial charge in [-0.2, -0.15) is 4.98 Å². The quantitative estimate of drug-likeness (QED) is 0.224. The molecule has 5 rings (SSSR count). The van der Waals surface area contributed by atoms with Crippen LogP contribution in [0, 0.1) is 25.2 Å². The lowest BCUT2D eigenvalue weighted by Gasteiger charge is -2.31. The third-order valence-corrected chi connectivity index (χ3v) is 11.7. The minimum absolute atomic E-state index is 0.00579. The van der Waals surface area contributed by atoms with Crippen molar-refractivity contribution in [3.05, 3.63) is 54.0 Å². The van der Waals surface area contributed by atoms with Crippen LogP contribution in [0.1, 0.15) is 65.3 Å². The second kappa shape index (κ2) is 10.9. The van der Waals surface area contributed by atoms with E-state index in [-0.39, 0.29) is 17.4 Å². The SMILES string of the molecule is Cc1nc(NCC(C)(C)C)nc(N[C@H]2CC[C@@H](C(C)(C)S(=O)(=O)c3ccccc3)C2)c1-c1nc2c(C)nccc2s1. The van der Waals surface area contributed by atoms with Crippen LogP contribution < -0.4 is 10.6 Å². The van der Waals surface area contributed by atoms with E-state index in [2.05, 4.69) is 36.4 Å². The Kier molecular flexibility index (Phi) is 7.84. The Morgan fingerprint density at radius 3 is 2.37 bits per heavy atom. The molecule has 3 heterocycles. The monoisotopic (exact) mass is 592 g/mol. The molecule has 0 radical (unpaired) electrons. The molecule has 0 unspecified atom stereocenters. The van der Waals surface area contributed by atoms with Crippen LogP contribution in [0.3, 0.4) is 0 Å².